The van der Waals surface area contributed by atoms with Crippen LogP contribution in [0.2, 0.25) is 0 Å². The van der Waals surface area contributed by atoms with Crippen molar-refractivity contribution in [2.45, 2.75) is 55.9 Å². The zero-order valence-corrected chi connectivity index (χ0v) is 10.4. The molecule has 1 spiro atoms. The zero-order valence-electron chi connectivity index (χ0n) is 9.61. The van der Waals surface area contributed by atoms with Gasteiger partial charge >= 0.3 is 0 Å². The molecule has 4 nitrogen and oxygen atoms in total. The smallest absolute Gasteiger partial charge is 0.214 e. The van der Waals surface area contributed by atoms with Gasteiger partial charge in [-0.05, 0) is 32.1 Å². The summed E-state index contributed by atoms with van der Waals surface area (Å²) in [5, 5.41) is -0.105. The van der Waals surface area contributed by atoms with Crippen LogP contribution in [0.25, 0.3) is 0 Å². The average Bonchev–Trinajstić information content (AvgIpc) is 2.91. The number of rotatable bonds is 4. The van der Waals surface area contributed by atoms with Crippen molar-refractivity contribution in [1.82, 2.24) is 4.72 Å². The number of methoxy groups -OCH3 is 1. The fourth-order valence-electron chi connectivity index (χ4n) is 3.17. The molecule has 5 heteroatoms. The number of hydrogen-bond donors (Lipinski definition) is 1. The molecule has 0 saturated heterocycles. The Morgan fingerprint density at radius 1 is 1.31 bits per heavy atom. The molecule has 0 amide bonds. The minimum atomic E-state index is -3.03. The van der Waals surface area contributed by atoms with Gasteiger partial charge in [-0.25, -0.2) is 13.1 Å². The maximum absolute atomic E-state index is 11.9. The molecule has 3 rings (SSSR count). The van der Waals surface area contributed by atoms with E-state index in [0.717, 1.165) is 32.1 Å². The van der Waals surface area contributed by atoms with Crippen molar-refractivity contribution in [3.63, 3.8) is 0 Å². The van der Waals surface area contributed by atoms with E-state index < -0.39 is 10.0 Å². The number of sulfonamides is 1. The van der Waals surface area contributed by atoms with Crippen LogP contribution in [0.5, 0.6) is 0 Å². The number of hydrogen-bond acceptors (Lipinski definition) is 3. The molecule has 3 saturated carbocycles. The Labute approximate surface area is 96.8 Å². The minimum absolute atomic E-state index is 0.105. The third kappa shape index (κ3) is 1.45. The second-order valence-electron chi connectivity index (χ2n) is 5.46. The van der Waals surface area contributed by atoms with Crippen LogP contribution in [0, 0.1) is 5.41 Å². The van der Waals surface area contributed by atoms with Crippen LogP contribution in [0.3, 0.4) is 0 Å². The quantitative estimate of drug-likeness (QED) is 0.804. The molecule has 2 atom stereocenters. The first-order chi connectivity index (χ1) is 7.58. The molecular weight excluding hydrogens is 226 g/mol. The minimum Gasteiger partial charge on any atom is -0.381 e. The normalized spacial score (nSPS) is 36.8. The molecule has 0 radical (unpaired) electrons. The Balaban J connectivity index is 1.68. The zero-order chi connectivity index (χ0) is 11.4. The summed E-state index contributed by atoms with van der Waals surface area (Å²) >= 11 is 0. The molecule has 3 fully saturated rings. The van der Waals surface area contributed by atoms with Crippen molar-refractivity contribution in [3.05, 3.63) is 0 Å². The second kappa shape index (κ2) is 3.43. The summed E-state index contributed by atoms with van der Waals surface area (Å²) in [5.41, 5.74) is 0.136. The fourth-order valence-corrected chi connectivity index (χ4v) is 4.85. The van der Waals surface area contributed by atoms with Crippen molar-refractivity contribution >= 4 is 10.0 Å². The molecular formula is C11H19NO3S. The topological polar surface area (TPSA) is 55.4 Å². The van der Waals surface area contributed by atoms with Crippen LogP contribution in [0.4, 0.5) is 0 Å². The van der Waals surface area contributed by atoms with Gasteiger partial charge in [-0.3, -0.25) is 0 Å². The van der Waals surface area contributed by atoms with Gasteiger partial charge in [0, 0.05) is 18.6 Å². The standard InChI is InChI=1S/C11H19NO3S/c1-15-10-7-9(11(10)5-2-6-11)12-16(13,14)8-3-4-8/h8-10,12H,2-7H2,1H3. The van der Waals surface area contributed by atoms with E-state index in [2.05, 4.69) is 4.72 Å². The summed E-state index contributed by atoms with van der Waals surface area (Å²) in [6.45, 7) is 0. The van der Waals surface area contributed by atoms with Gasteiger partial charge in [0.05, 0.1) is 11.4 Å². The van der Waals surface area contributed by atoms with Gasteiger partial charge in [0.2, 0.25) is 10.0 Å². The van der Waals surface area contributed by atoms with Crippen LogP contribution in [0.15, 0.2) is 0 Å². The van der Waals surface area contributed by atoms with Gasteiger partial charge in [-0.1, -0.05) is 6.42 Å². The van der Waals surface area contributed by atoms with Crippen LogP contribution in [0.1, 0.15) is 38.5 Å². The third-order valence-corrected chi connectivity index (χ3v) is 6.59. The lowest BCUT2D eigenvalue weighted by Crippen LogP contribution is -2.67. The predicted octanol–water partition coefficient (Wildman–Crippen LogP) is 1.03. The van der Waals surface area contributed by atoms with Crippen molar-refractivity contribution < 1.29 is 13.2 Å². The monoisotopic (exact) mass is 245 g/mol. The molecule has 0 aromatic rings. The highest BCUT2D eigenvalue weighted by Gasteiger charge is 2.60. The molecule has 92 valence electrons. The third-order valence-electron chi connectivity index (χ3n) is 4.62. The van der Waals surface area contributed by atoms with Crippen molar-refractivity contribution in [1.29, 1.82) is 0 Å². The molecule has 0 heterocycles. The van der Waals surface area contributed by atoms with Crippen LogP contribution < -0.4 is 4.72 Å². The maximum atomic E-state index is 11.9. The van der Waals surface area contributed by atoms with E-state index in [1.165, 1.54) is 6.42 Å². The van der Waals surface area contributed by atoms with Gasteiger partial charge < -0.3 is 4.74 Å². The van der Waals surface area contributed by atoms with Gasteiger partial charge in [0.25, 0.3) is 0 Å². The van der Waals surface area contributed by atoms with Gasteiger partial charge in [0.1, 0.15) is 0 Å². The van der Waals surface area contributed by atoms with Gasteiger partial charge in [-0.15, -0.1) is 0 Å². The summed E-state index contributed by atoms with van der Waals surface area (Å²) in [7, 11) is -1.30. The number of nitrogens with one attached hydrogen (secondary N) is 1. The van der Waals surface area contributed by atoms with Crippen molar-refractivity contribution in [2.75, 3.05) is 7.11 Å². The second-order valence-corrected chi connectivity index (χ2v) is 7.45. The molecule has 0 bridgehead atoms. The Morgan fingerprint density at radius 2 is 2.00 bits per heavy atom. The summed E-state index contributed by atoms with van der Waals surface area (Å²) in [6, 6.07) is 0.136. The van der Waals surface area contributed by atoms with Gasteiger partial charge in [-0.2, -0.15) is 0 Å². The Morgan fingerprint density at radius 3 is 2.44 bits per heavy atom. The molecule has 3 aliphatic rings. The Kier molecular flexibility index (Phi) is 2.36. The van der Waals surface area contributed by atoms with E-state index >= 15 is 0 Å². The molecule has 16 heavy (non-hydrogen) atoms. The average molecular weight is 245 g/mol. The Bertz CT molecular complexity index is 384. The highest BCUT2D eigenvalue weighted by molar-refractivity contribution is 7.90. The van der Waals surface area contributed by atoms with E-state index in [0.29, 0.717) is 0 Å². The molecule has 1 N–H and O–H groups in total. The van der Waals surface area contributed by atoms with Crippen LogP contribution in [-0.4, -0.2) is 32.9 Å². The summed E-state index contributed by atoms with van der Waals surface area (Å²) in [4.78, 5) is 0. The van der Waals surface area contributed by atoms with Crippen molar-refractivity contribution in [3.8, 4) is 0 Å². The van der Waals surface area contributed by atoms with Gasteiger partial charge in [0.15, 0.2) is 0 Å². The SMILES string of the molecule is COC1CC(NS(=O)(=O)C2CC2)C12CCC2. The first-order valence-corrected chi connectivity index (χ1v) is 7.67. The molecule has 0 aromatic carbocycles. The predicted molar refractivity (Wildman–Crippen MR) is 60.6 cm³/mol. The number of ether oxygens (including phenoxy) is 1. The molecule has 3 aliphatic carbocycles. The highest BCUT2D eigenvalue weighted by Crippen LogP contribution is 2.57. The van der Waals surface area contributed by atoms with Crippen LogP contribution >= 0.6 is 0 Å². The molecule has 0 aromatic heterocycles. The summed E-state index contributed by atoms with van der Waals surface area (Å²) in [5.74, 6) is 0. The summed E-state index contributed by atoms with van der Waals surface area (Å²) in [6.07, 6.45) is 6.23. The van der Waals surface area contributed by atoms with Crippen molar-refractivity contribution in [2.24, 2.45) is 5.41 Å². The highest BCUT2D eigenvalue weighted by atomic mass is 32.2. The van der Waals surface area contributed by atoms with E-state index in [4.69, 9.17) is 4.74 Å². The van der Waals surface area contributed by atoms with E-state index in [-0.39, 0.29) is 22.8 Å². The van der Waals surface area contributed by atoms with E-state index in [9.17, 15) is 8.42 Å². The fraction of sp³-hybridized carbons (Fsp3) is 1.00. The lowest BCUT2D eigenvalue weighted by molar-refractivity contribution is -0.155. The summed E-state index contributed by atoms with van der Waals surface area (Å²) < 4.78 is 32.1. The lowest BCUT2D eigenvalue weighted by Gasteiger charge is -2.60. The molecule has 2 unspecified atom stereocenters. The Hall–Kier alpha value is -0.130. The first-order valence-electron chi connectivity index (χ1n) is 6.12. The maximum Gasteiger partial charge on any atom is 0.214 e. The largest absolute Gasteiger partial charge is 0.381 e. The molecule has 0 aliphatic heterocycles. The lowest BCUT2D eigenvalue weighted by atomic mass is 9.51. The van der Waals surface area contributed by atoms with Crippen LogP contribution in [-0.2, 0) is 14.8 Å². The van der Waals surface area contributed by atoms with E-state index in [1.54, 1.807) is 7.11 Å². The first kappa shape index (κ1) is 11.0. The van der Waals surface area contributed by atoms with E-state index in [1.807, 2.05) is 0 Å².